The van der Waals surface area contributed by atoms with Crippen LogP contribution in [0.4, 0.5) is 0 Å². The number of nitrogens with one attached hydrogen (secondary N) is 2. The number of hydrogen-bond acceptors (Lipinski definition) is 4. The van der Waals surface area contributed by atoms with Crippen molar-refractivity contribution in [3.63, 3.8) is 0 Å². The van der Waals surface area contributed by atoms with E-state index in [1.807, 2.05) is 13.2 Å². The molecule has 1 rings (SSSR count). The molecule has 102 valence electrons. The van der Waals surface area contributed by atoms with Gasteiger partial charge in [-0.1, -0.05) is 5.16 Å². The maximum atomic E-state index is 11.7. The van der Waals surface area contributed by atoms with Gasteiger partial charge in [-0.05, 0) is 13.0 Å². The Labute approximate surface area is 110 Å². The summed E-state index contributed by atoms with van der Waals surface area (Å²) in [6, 6.07) is 3.48. The van der Waals surface area contributed by atoms with Crippen molar-refractivity contribution in [2.75, 3.05) is 13.1 Å². The fraction of sp³-hybridized carbons (Fsp3) is 0.333. The highest BCUT2D eigenvalue weighted by atomic mass is 16.4. The van der Waals surface area contributed by atoms with Gasteiger partial charge < -0.3 is 15.8 Å². The number of oxime groups is 1. The lowest BCUT2D eigenvalue weighted by Gasteiger charge is -2.05. The number of amides is 2. The molecule has 0 aliphatic carbocycles. The first kappa shape index (κ1) is 14.6. The molecule has 3 N–H and O–H groups in total. The van der Waals surface area contributed by atoms with E-state index in [0.29, 0.717) is 12.1 Å². The summed E-state index contributed by atoms with van der Waals surface area (Å²) in [7, 11) is 1.83. The molecule has 0 saturated carbocycles. The molecule has 0 spiro atoms. The lowest BCUT2D eigenvalue weighted by Crippen LogP contribution is -2.38. The fourth-order valence-corrected chi connectivity index (χ4v) is 1.35. The van der Waals surface area contributed by atoms with Gasteiger partial charge in [0.05, 0.1) is 0 Å². The molecule has 0 atom stereocenters. The second-order valence-corrected chi connectivity index (χ2v) is 3.96. The van der Waals surface area contributed by atoms with Gasteiger partial charge >= 0.3 is 0 Å². The monoisotopic (exact) mass is 265 g/mol. The molecule has 0 bridgehead atoms. The summed E-state index contributed by atoms with van der Waals surface area (Å²) in [5.74, 6) is -0.680. The Morgan fingerprint density at radius 1 is 1.37 bits per heavy atom. The Bertz CT molecular complexity index is 500. The van der Waals surface area contributed by atoms with Crippen LogP contribution in [0, 0.1) is 0 Å². The second-order valence-electron chi connectivity index (χ2n) is 3.96. The predicted molar refractivity (Wildman–Crippen MR) is 67.9 cm³/mol. The molecule has 0 aliphatic heterocycles. The molecule has 7 nitrogen and oxygen atoms in total. The molecule has 19 heavy (non-hydrogen) atoms. The first-order chi connectivity index (χ1) is 9.04. The number of aryl methyl sites for hydroxylation is 1. The summed E-state index contributed by atoms with van der Waals surface area (Å²) in [4.78, 5) is 22.9. The molecule has 1 heterocycles. The Hall–Kier alpha value is -2.44. The van der Waals surface area contributed by atoms with Gasteiger partial charge in [-0.15, -0.1) is 0 Å². The zero-order chi connectivity index (χ0) is 14.3. The summed E-state index contributed by atoms with van der Waals surface area (Å²) >= 11 is 0. The van der Waals surface area contributed by atoms with Crippen molar-refractivity contribution in [2.24, 2.45) is 12.2 Å². The fourth-order valence-electron chi connectivity index (χ4n) is 1.35. The summed E-state index contributed by atoms with van der Waals surface area (Å²) in [5.41, 5.74) is 0.519. The van der Waals surface area contributed by atoms with Crippen molar-refractivity contribution in [3.05, 3.63) is 30.1 Å². The molecule has 1 aromatic heterocycles. The SMILES string of the molecule is C/C(=N/O)C(=O)NCCNC(=O)c1ccc[n+](C)c1. The van der Waals surface area contributed by atoms with E-state index >= 15 is 0 Å². The third-order valence-electron chi connectivity index (χ3n) is 2.38. The summed E-state index contributed by atoms with van der Waals surface area (Å²) in [6.07, 6.45) is 3.53. The minimum Gasteiger partial charge on any atom is -0.410 e. The van der Waals surface area contributed by atoms with Gasteiger partial charge in [0.15, 0.2) is 12.4 Å². The number of pyridine rings is 1. The number of rotatable bonds is 5. The van der Waals surface area contributed by atoms with Gasteiger partial charge in [-0.25, -0.2) is 4.57 Å². The highest BCUT2D eigenvalue weighted by Gasteiger charge is 2.09. The van der Waals surface area contributed by atoms with Crippen LogP contribution in [0.1, 0.15) is 17.3 Å². The van der Waals surface area contributed by atoms with Crippen LogP contribution in [0.2, 0.25) is 0 Å². The van der Waals surface area contributed by atoms with Crippen LogP contribution in [-0.4, -0.2) is 35.8 Å². The third-order valence-corrected chi connectivity index (χ3v) is 2.38. The molecule has 0 radical (unpaired) electrons. The van der Waals surface area contributed by atoms with Crippen LogP contribution in [0.3, 0.4) is 0 Å². The van der Waals surface area contributed by atoms with Crippen LogP contribution < -0.4 is 15.2 Å². The summed E-state index contributed by atoms with van der Waals surface area (Å²) in [5, 5.41) is 16.3. The highest BCUT2D eigenvalue weighted by Crippen LogP contribution is 1.92. The standard InChI is InChI=1S/C12H16N4O3/c1-9(15-19)11(17)13-5-6-14-12(18)10-4-3-7-16(2)8-10/h3-4,7-8H,5-6H2,1-2H3,(H2-,13,14,17,18,19)/p+1. The van der Waals surface area contributed by atoms with Gasteiger partial charge in [0.25, 0.3) is 11.8 Å². The molecule has 1 aromatic rings. The number of nitrogens with zero attached hydrogens (tertiary/aromatic N) is 2. The lowest BCUT2D eigenvalue weighted by atomic mass is 10.2. The molecule has 0 saturated heterocycles. The Balaban J connectivity index is 2.34. The molecule has 0 aromatic carbocycles. The van der Waals surface area contributed by atoms with Crippen molar-refractivity contribution in [2.45, 2.75) is 6.92 Å². The molecular formula is C12H17N4O3+. The zero-order valence-electron chi connectivity index (χ0n) is 10.9. The zero-order valence-corrected chi connectivity index (χ0v) is 10.9. The van der Waals surface area contributed by atoms with E-state index in [0.717, 1.165) is 0 Å². The summed E-state index contributed by atoms with van der Waals surface area (Å²) < 4.78 is 1.78. The van der Waals surface area contributed by atoms with Crippen molar-refractivity contribution in [3.8, 4) is 0 Å². The average molecular weight is 265 g/mol. The van der Waals surface area contributed by atoms with Crippen LogP contribution in [0.5, 0.6) is 0 Å². The number of aromatic nitrogens is 1. The number of carbonyl (C=O) groups is 2. The minimum atomic E-state index is -0.470. The van der Waals surface area contributed by atoms with E-state index in [2.05, 4.69) is 15.8 Å². The van der Waals surface area contributed by atoms with E-state index in [-0.39, 0.29) is 18.2 Å². The average Bonchev–Trinajstić information content (AvgIpc) is 2.42. The van der Waals surface area contributed by atoms with E-state index in [9.17, 15) is 9.59 Å². The maximum Gasteiger partial charge on any atom is 0.268 e. The van der Waals surface area contributed by atoms with Gasteiger partial charge in [-0.3, -0.25) is 9.59 Å². The molecule has 2 amide bonds. The maximum absolute atomic E-state index is 11.7. The van der Waals surface area contributed by atoms with Crippen LogP contribution >= 0.6 is 0 Å². The van der Waals surface area contributed by atoms with Crippen LogP contribution in [-0.2, 0) is 11.8 Å². The van der Waals surface area contributed by atoms with Crippen molar-refractivity contribution >= 4 is 17.5 Å². The molecule has 0 unspecified atom stereocenters. The molecule has 0 fully saturated rings. The van der Waals surface area contributed by atoms with Gasteiger partial charge in [0, 0.05) is 19.2 Å². The first-order valence-electron chi connectivity index (χ1n) is 5.75. The van der Waals surface area contributed by atoms with E-state index in [4.69, 9.17) is 5.21 Å². The van der Waals surface area contributed by atoms with Gasteiger partial charge in [-0.2, -0.15) is 0 Å². The minimum absolute atomic E-state index is 0.0265. The van der Waals surface area contributed by atoms with Crippen molar-refractivity contribution in [1.29, 1.82) is 0 Å². The topological polar surface area (TPSA) is 94.7 Å². The van der Waals surface area contributed by atoms with Crippen LogP contribution in [0.15, 0.2) is 29.7 Å². The number of carbonyl (C=O) groups excluding carboxylic acids is 2. The number of hydrogen-bond donors (Lipinski definition) is 3. The van der Waals surface area contributed by atoms with Gasteiger partial charge in [0.1, 0.15) is 18.3 Å². The van der Waals surface area contributed by atoms with E-state index in [1.54, 1.807) is 22.9 Å². The van der Waals surface area contributed by atoms with E-state index < -0.39 is 5.91 Å². The Morgan fingerprint density at radius 3 is 2.68 bits per heavy atom. The Kier molecular flexibility index (Phi) is 5.46. The smallest absolute Gasteiger partial charge is 0.268 e. The van der Waals surface area contributed by atoms with Crippen LogP contribution in [0.25, 0.3) is 0 Å². The van der Waals surface area contributed by atoms with Gasteiger partial charge in [0.2, 0.25) is 0 Å². The summed E-state index contributed by atoms with van der Waals surface area (Å²) in [6.45, 7) is 1.94. The lowest BCUT2D eigenvalue weighted by molar-refractivity contribution is -0.671. The Morgan fingerprint density at radius 2 is 2.05 bits per heavy atom. The van der Waals surface area contributed by atoms with Crippen molar-refractivity contribution in [1.82, 2.24) is 10.6 Å². The molecule has 0 aliphatic rings. The largest absolute Gasteiger partial charge is 0.410 e. The second kappa shape index (κ2) is 7.10. The molecular weight excluding hydrogens is 248 g/mol. The third kappa shape index (κ3) is 4.74. The predicted octanol–water partition coefficient (Wildman–Crippen LogP) is -0.793. The normalized spacial score (nSPS) is 10.9. The quantitative estimate of drug-likeness (QED) is 0.214. The van der Waals surface area contributed by atoms with Crippen molar-refractivity contribution < 1.29 is 19.4 Å². The van der Waals surface area contributed by atoms with E-state index in [1.165, 1.54) is 6.92 Å². The molecule has 7 heteroatoms. The first-order valence-corrected chi connectivity index (χ1v) is 5.75. The highest BCUT2D eigenvalue weighted by molar-refractivity contribution is 6.37.